The monoisotopic (exact) mass is 512 g/mol. The van der Waals surface area contributed by atoms with Crippen molar-refractivity contribution in [3.63, 3.8) is 0 Å². The van der Waals surface area contributed by atoms with Gasteiger partial charge in [-0.1, -0.05) is 18.2 Å². The van der Waals surface area contributed by atoms with E-state index in [-0.39, 0.29) is 44.0 Å². The largest absolute Gasteiger partial charge is 0.469 e. The molecular formula is C27H36N4O6. The molecule has 2 rings (SSSR count). The van der Waals surface area contributed by atoms with Gasteiger partial charge in [-0.25, -0.2) is 4.79 Å². The Morgan fingerprint density at radius 1 is 0.838 bits per heavy atom. The Morgan fingerprint density at radius 2 is 1.49 bits per heavy atom. The van der Waals surface area contributed by atoms with Crippen LogP contribution in [0.1, 0.15) is 46.5 Å². The maximum absolute atomic E-state index is 12.5. The summed E-state index contributed by atoms with van der Waals surface area (Å²) in [6.45, 7) is 5.65. The van der Waals surface area contributed by atoms with E-state index in [0.717, 1.165) is 0 Å². The summed E-state index contributed by atoms with van der Waals surface area (Å²) in [5.74, 6) is 0.283. The number of anilines is 1. The summed E-state index contributed by atoms with van der Waals surface area (Å²) < 4.78 is 10.3. The van der Waals surface area contributed by atoms with Crippen LogP contribution in [-0.2, 0) is 19.1 Å². The minimum Gasteiger partial charge on any atom is -0.469 e. The number of urea groups is 1. The van der Waals surface area contributed by atoms with E-state index in [9.17, 15) is 19.2 Å². The number of benzene rings is 2. The van der Waals surface area contributed by atoms with Crippen molar-refractivity contribution >= 4 is 29.5 Å². The van der Waals surface area contributed by atoms with Gasteiger partial charge < -0.3 is 30.7 Å². The third-order valence-electron chi connectivity index (χ3n) is 4.99. The summed E-state index contributed by atoms with van der Waals surface area (Å²) in [5, 5.41) is 11.1. The van der Waals surface area contributed by atoms with E-state index in [4.69, 9.17) is 4.74 Å². The van der Waals surface area contributed by atoms with Crippen LogP contribution in [-0.4, -0.2) is 49.1 Å². The first-order chi connectivity index (χ1) is 17.5. The van der Waals surface area contributed by atoms with Gasteiger partial charge in [0.1, 0.15) is 11.5 Å². The fourth-order valence-electron chi connectivity index (χ4n) is 3.19. The molecule has 200 valence electrons. The van der Waals surface area contributed by atoms with Crippen molar-refractivity contribution < 1.29 is 28.7 Å². The first-order valence-electron chi connectivity index (χ1n) is 12.1. The molecule has 0 unspecified atom stereocenters. The molecule has 4 N–H and O–H groups in total. The van der Waals surface area contributed by atoms with Crippen molar-refractivity contribution in [3.05, 3.63) is 54.6 Å². The van der Waals surface area contributed by atoms with Crippen LogP contribution in [0.2, 0.25) is 0 Å². The number of hydrogen-bond acceptors (Lipinski definition) is 6. The molecule has 0 saturated carbocycles. The predicted molar refractivity (Wildman–Crippen MR) is 140 cm³/mol. The molecule has 0 bridgehead atoms. The lowest BCUT2D eigenvalue weighted by Gasteiger charge is -2.24. The molecule has 0 fully saturated rings. The number of para-hydroxylation sites is 1. The quantitative estimate of drug-likeness (QED) is 0.320. The minimum atomic E-state index is -0.503. The lowest BCUT2D eigenvalue weighted by molar-refractivity contribution is -0.142. The third kappa shape index (κ3) is 12.4. The highest BCUT2D eigenvalue weighted by Gasteiger charge is 2.19. The van der Waals surface area contributed by atoms with Crippen molar-refractivity contribution in [2.24, 2.45) is 0 Å². The van der Waals surface area contributed by atoms with Gasteiger partial charge in [0.25, 0.3) is 0 Å². The van der Waals surface area contributed by atoms with Gasteiger partial charge in [-0.05, 0) is 63.6 Å². The van der Waals surface area contributed by atoms with Gasteiger partial charge >= 0.3 is 12.0 Å². The average Bonchev–Trinajstić information content (AvgIpc) is 2.84. The van der Waals surface area contributed by atoms with Gasteiger partial charge in [0.05, 0.1) is 13.5 Å². The summed E-state index contributed by atoms with van der Waals surface area (Å²) >= 11 is 0. The zero-order valence-corrected chi connectivity index (χ0v) is 21.8. The highest BCUT2D eigenvalue weighted by molar-refractivity contribution is 5.90. The number of amides is 4. The van der Waals surface area contributed by atoms with Gasteiger partial charge in [0.2, 0.25) is 11.8 Å². The Balaban J connectivity index is 1.88. The summed E-state index contributed by atoms with van der Waals surface area (Å²) in [4.78, 5) is 48.2. The van der Waals surface area contributed by atoms with Gasteiger partial charge in [-0.2, -0.15) is 0 Å². The molecule has 0 heterocycles. The lowest BCUT2D eigenvalue weighted by Crippen LogP contribution is -2.52. The fraction of sp³-hybridized carbons (Fsp3) is 0.407. The van der Waals surface area contributed by atoms with E-state index in [0.29, 0.717) is 17.2 Å². The van der Waals surface area contributed by atoms with E-state index in [1.165, 1.54) is 7.11 Å². The Kier molecular flexibility index (Phi) is 11.4. The lowest BCUT2D eigenvalue weighted by atomic mass is 10.1. The van der Waals surface area contributed by atoms with E-state index < -0.39 is 23.6 Å². The zero-order chi connectivity index (χ0) is 27.3. The standard InChI is InChI=1S/C27H36N4O6/c1-27(2,3)31-26(35)30-20(18-28-23(32)16-17-25(34)36-4)12-15-24(33)29-19-10-13-22(14-11-19)37-21-8-6-5-7-9-21/h5-11,13-14,20H,12,15-18H2,1-4H3,(H,28,32)(H,29,33)(H2,30,31,35)/t20-/m1/s1. The molecule has 0 aliphatic heterocycles. The smallest absolute Gasteiger partial charge is 0.315 e. The molecule has 4 amide bonds. The first-order valence-corrected chi connectivity index (χ1v) is 12.1. The average molecular weight is 513 g/mol. The Labute approximate surface area is 217 Å². The number of methoxy groups -OCH3 is 1. The van der Waals surface area contributed by atoms with Crippen molar-refractivity contribution in [3.8, 4) is 11.5 Å². The SMILES string of the molecule is COC(=O)CCC(=O)NC[C@@H](CCC(=O)Nc1ccc(Oc2ccccc2)cc1)NC(=O)NC(C)(C)C. The first kappa shape index (κ1) is 29.2. The Morgan fingerprint density at radius 3 is 2.11 bits per heavy atom. The van der Waals surface area contributed by atoms with Crippen LogP contribution in [0.3, 0.4) is 0 Å². The summed E-state index contributed by atoms with van der Waals surface area (Å²) in [5.41, 5.74) is 0.156. The number of nitrogens with one attached hydrogen (secondary N) is 4. The minimum absolute atomic E-state index is 0.0297. The van der Waals surface area contributed by atoms with Crippen LogP contribution in [0.5, 0.6) is 11.5 Å². The van der Waals surface area contributed by atoms with Crippen molar-refractivity contribution in [1.82, 2.24) is 16.0 Å². The number of rotatable bonds is 12. The molecule has 10 nitrogen and oxygen atoms in total. The van der Waals surface area contributed by atoms with Gasteiger partial charge in [0, 0.05) is 36.7 Å². The van der Waals surface area contributed by atoms with Crippen LogP contribution < -0.4 is 26.0 Å². The highest BCUT2D eigenvalue weighted by atomic mass is 16.5. The molecule has 0 spiro atoms. The molecule has 0 aromatic heterocycles. The maximum Gasteiger partial charge on any atom is 0.315 e. The zero-order valence-electron chi connectivity index (χ0n) is 21.8. The Bertz CT molecular complexity index is 1040. The number of hydrogen-bond donors (Lipinski definition) is 4. The number of carbonyl (C=O) groups is 4. The van der Waals surface area contributed by atoms with E-state index in [2.05, 4.69) is 26.0 Å². The van der Waals surface area contributed by atoms with Crippen LogP contribution in [0.4, 0.5) is 10.5 Å². The number of esters is 1. The van der Waals surface area contributed by atoms with Crippen molar-refractivity contribution in [2.75, 3.05) is 19.0 Å². The number of ether oxygens (including phenoxy) is 2. The van der Waals surface area contributed by atoms with E-state index in [1.807, 2.05) is 51.1 Å². The van der Waals surface area contributed by atoms with Crippen LogP contribution >= 0.6 is 0 Å². The van der Waals surface area contributed by atoms with E-state index in [1.54, 1.807) is 24.3 Å². The molecular weight excluding hydrogens is 476 g/mol. The highest BCUT2D eigenvalue weighted by Crippen LogP contribution is 2.22. The molecule has 2 aromatic carbocycles. The second kappa shape index (κ2) is 14.5. The third-order valence-corrected chi connectivity index (χ3v) is 4.99. The van der Waals surface area contributed by atoms with E-state index >= 15 is 0 Å². The second-order valence-electron chi connectivity index (χ2n) is 9.45. The van der Waals surface area contributed by atoms with Gasteiger partial charge in [-0.15, -0.1) is 0 Å². The van der Waals surface area contributed by atoms with Crippen LogP contribution in [0.15, 0.2) is 54.6 Å². The molecule has 0 radical (unpaired) electrons. The van der Waals surface area contributed by atoms with Crippen LogP contribution in [0, 0.1) is 0 Å². The molecule has 0 aliphatic carbocycles. The molecule has 10 heteroatoms. The Hall–Kier alpha value is -4.08. The summed E-state index contributed by atoms with van der Waals surface area (Å²) in [7, 11) is 1.26. The predicted octanol–water partition coefficient (Wildman–Crippen LogP) is 3.73. The maximum atomic E-state index is 12.5. The topological polar surface area (TPSA) is 135 Å². The summed E-state index contributed by atoms with van der Waals surface area (Å²) in [6, 6.07) is 15.5. The molecule has 1 atom stereocenters. The number of carbonyl (C=O) groups excluding carboxylic acids is 4. The van der Waals surface area contributed by atoms with Crippen LogP contribution in [0.25, 0.3) is 0 Å². The fourth-order valence-corrected chi connectivity index (χ4v) is 3.19. The summed E-state index contributed by atoms with van der Waals surface area (Å²) in [6.07, 6.45) is 0.331. The molecule has 0 saturated heterocycles. The molecule has 2 aromatic rings. The van der Waals surface area contributed by atoms with Crippen molar-refractivity contribution in [2.45, 2.75) is 58.0 Å². The van der Waals surface area contributed by atoms with Crippen molar-refractivity contribution in [1.29, 1.82) is 0 Å². The molecule has 37 heavy (non-hydrogen) atoms. The normalized spacial score (nSPS) is 11.6. The second-order valence-corrected chi connectivity index (χ2v) is 9.45. The molecule has 0 aliphatic rings. The van der Waals surface area contributed by atoms with Gasteiger partial charge in [-0.3, -0.25) is 14.4 Å². The van der Waals surface area contributed by atoms with Gasteiger partial charge in [0.15, 0.2) is 0 Å².